The van der Waals surface area contributed by atoms with Gasteiger partial charge in [-0.25, -0.2) is 4.98 Å². The molecule has 4 nitrogen and oxygen atoms in total. The first-order chi connectivity index (χ1) is 13.8. The predicted octanol–water partition coefficient (Wildman–Crippen LogP) is 5.51. The van der Waals surface area contributed by atoms with Crippen molar-refractivity contribution >= 4 is 23.5 Å². The maximum absolute atomic E-state index is 13.3. The largest absolute Gasteiger partial charge is 0.277 e. The Labute approximate surface area is 180 Å². The van der Waals surface area contributed by atoms with E-state index in [1.807, 2.05) is 67.1 Å². The summed E-state index contributed by atoms with van der Waals surface area (Å²) in [6, 6.07) is 17.9. The lowest BCUT2D eigenvalue weighted by Gasteiger charge is -2.20. The Morgan fingerprint density at radius 1 is 0.966 bits per heavy atom. The predicted molar refractivity (Wildman–Crippen MR) is 122 cm³/mol. The molecule has 0 atom stereocenters. The fourth-order valence-corrected chi connectivity index (χ4v) is 3.95. The van der Waals surface area contributed by atoms with Crippen molar-refractivity contribution in [1.29, 1.82) is 5.26 Å². The third-order valence-corrected chi connectivity index (χ3v) is 6.12. The van der Waals surface area contributed by atoms with Gasteiger partial charge in [0.2, 0.25) is 0 Å². The first-order valence-electron chi connectivity index (χ1n) is 9.16. The molecule has 0 radical (unpaired) electrons. The van der Waals surface area contributed by atoms with E-state index >= 15 is 0 Å². The van der Waals surface area contributed by atoms with Gasteiger partial charge in [0.25, 0.3) is 5.56 Å². The summed E-state index contributed by atoms with van der Waals surface area (Å²) in [5, 5.41) is 10.0. The second kappa shape index (κ2) is 8.48. The number of nitrogens with zero attached hydrogens (tertiary/aromatic N) is 3. The summed E-state index contributed by atoms with van der Waals surface area (Å²) < 4.78 is 1.54. The van der Waals surface area contributed by atoms with Crippen LogP contribution in [0, 0.1) is 11.3 Å². The van der Waals surface area contributed by atoms with Gasteiger partial charge in [-0.3, -0.25) is 9.36 Å². The highest BCUT2D eigenvalue weighted by atomic mass is 32.2. The van der Waals surface area contributed by atoms with Crippen LogP contribution < -0.4 is 5.56 Å². The van der Waals surface area contributed by atoms with Gasteiger partial charge in [0, 0.05) is 10.5 Å². The van der Waals surface area contributed by atoms with E-state index in [4.69, 9.17) is 4.98 Å². The van der Waals surface area contributed by atoms with Crippen molar-refractivity contribution in [3.63, 3.8) is 0 Å². The number of hydrogen-bond acceptors (Lipinski definition) is 5. The number of rotatable bonds is 4. The lowest BCUT2D eigenvalue weighted by molar-refractivity contribution is 0.590. The molecule has 0 N–H and O–H groups in total. The van der Waals surface area contributed by atoms with Gasteiger partial charge in [-0.1, -0.05) is 45.0 Å². The van der Waals surface area contributed by atoms with E-state index in [-0.39, 0.29) is 16.5 Å². The highest BCUT2D eigenvalue weighted by Crippen LogP contribution is 2.28. The molecule has 1 aromatic heterocycles. The molecule has 1 heterocycles. The van der Waals surface area contributed by atoms with Gasteiger partial charge >= 0.3 is 0 Å². The summed E-state index contributed by atoms with van der Waals surface area (Å²) in [6.45, 7) is 6.44. The topological polar surface area (TPSA) is 58.7 Å². The second-order valence-corrected chi connectivity index (χ2v) is 9.27. The molecule has 0 unspecified atom stereocenters. The minimum Gasteiger partial charge on any atom is -0.267 e. The van der Waals surface area contributed by atoms with Gasteiger partial charge in [-0.05, 0) is 47.8 Å². The van der Waals surface area contributed by atoms with Crippen LogP contribution in [0.3, 0.4) is 0 Å². The lowest BCUT2D eigenvalue weighted by Crippen LogP contribution is -2.25. The summed E-state index contributed by atoms with van der Waals surface area (Å²) in [4.78, 5) is 19.1. The molecule has 0 amide bonds. The van der Waals surface area contributed by atoms with Gasteiger partial charge < -0.3 is 0 Å². The van der Waals surface area contributed by atoms with Gasteiger partial charge in [-0.15, -0.1) is 23.5 Å². The van der Waals surface area contributed by atoms with Crippen LogP contribution in [0.15, 0.2) is 63.2 Å². The smallest absolute Gasteiger partial charge is 0.267 e. The van der Waals surface area contributed by atoms with Crippen LogP contribution in [0.2, 0.25) is 0 Å². The fraction of sp³-hybridized carbons (Fsp3) is 0.261. The molecular weight excluding hydrogens is 398 g/mol. The van der Waals surface area contributed by atoms with Crippen molar-refractivity contribution in [1.82, 2.24) is 9.55 Å². The van der Waals surface area contributed by atoms with Crippen molar-refractivity contribution in [2.24, 2.45) is 0 Å². The van der Waals surface area contributed by atoms with Gasteiger partial charge in [0.1, 0.15) is 22.5 Å². The second-order valence-electron chi connectivity index (χ2n) is 7.60. The van der Waals surface area contributed by atoms with Crippen molar-refractivity contribution in [3.8, 4) is 23.1 Å². The van der Waals surface area contributed by atoms with Crippen molar-refractivity contribution in [2.75, 3.05) is 12.5 Å². The monoisotopic (exact) mass is 421 g/mol. The molecule has 6 heteroatoms. The zero-order valence-corrected chi connectivity index (χ0v) is 18.8. The van der Waals surface area contributed by atoms with Crippen LogP contribution >= 0.6 is 23.5 Å². The van der Waals surface area contributed by atoms with Crippen LogP contribution in [0.4, 0.5) is 0 Å². The van der Waals surface area contributed by atoms with Gasteiger partial charge in [0.05, 0.1) is 5.69 Å². The van der Waals surface area contributed by atoms with Gasteiger partial charge in [-0.2, -0.15) is 5.26 Å². The van der Waals surface area contributed by atoms with Crippen molar-refractivity contribution < 1.29 is 0 Å². The number of thioether (sulfide) groups is 2. The Balaban J connectivity index is 2.28. The molecule has 0 fully saturated rings. The molecule has 0 aliphatic carbocycles. The maximum Gasteiger partial charge on any atom is 0.277 e. The van der Waals surface area contributed by atoms with Crippen LogP contribution in [0.25, 0.3) is 17.1 Å². The molecule has 29 heavy (non-hydrogen) atoms. The summed E-state index contributed by atoms with van der Waals surface area (Å²) in [7, 11) is 0. The number of hydrogen-bond donors (Lipinski definition) is 0. The Bertz CT molecular complexity index is 1120. The zero-order valence-electron chi connectivity index (χ0n) is 17.2. The Hall–Kier alpha value is -2.49. The third kappa shape index (κ3) is 4.26. The number of nitriles is 1. The summed E-state index contributed by atoms with van der Waals surface area (Å²) in [5.74, 6) is 0.537. The van der Waals surface area contributed by atoms with Crippen molar-refractivity contribution in [2.45, 2.75) is 36.1 Å². The maximum atomic E-state index is 13.3. The lowest BCUT2D eigenvalue weighted by atomic mass is 9.87. The standard InChI is InChI=1S/C23H23N3OS2/c1-23(2,3)16-8-10-17(11-9-16)26-20(15-6-12-18(28-4)13-7-15)25-21(29-5)19(14-24)22(26)27/h6-13H,1-5H3. The highest BCUT2D eigenvalue weighted by molar-refractivity contribution is 7.98. The molecular formula is C23H23N3OS2. The van der Waals surface area contributed by atoms with Gasteiger partial charge in [0.15, 0.2) is 0 Å². The quantitative estimate of drug-likeness (QED) is 0.410. The van der Waals surface area contributed by atoms with E-state index in [2.05, 4.69) is 20.8 Å². The molecule has 3 aromatic rings. The van der Waals surface area contributed by atoms with Crippen molar-refractivity contribution in [3.05, 3.63) is 70.0 Å². The Kier molecular flexibility index (Phi) is 6.21. The molecule has 2 aromatic carbocycles. The van der Waals surface area contributed by atoms with E-state index in [0.717, 1.165) is 10.5 Å². The van der Waals surface area contributed by atoms with E-state index in [9.17, 15) is 10.1 Å². The normalized spacial score (nSPS) is 11.3. The first kappa shape index (κ1) is 21.2. The molecule has 148 valence electrons. The summed E-state index contributed by atoms with van der Waals surface area (Å²) >= 11 is 2.97. The molecule has 0 aliphatic heterocycles. The average molecular weight is 422 g/mol. The van der Waals surface area contributed by atoms with Crippen LogP contribution in [-0.4, -0.2) is 22.1 Å². The summed E-state index contributed by atoms with van der Waals surface area (Å²) in [5.41, 5.74) is 2.44. The van der Waals surface area contributed by atoms with Crippen LogP contribution in [-0.2, 0) is 5.41 Å². The third-order valence-electron chi connectivity index (χ3n) is 4.69. The minimum atomic E-state index is -0.348. The fourth-order valence-electron chi connectivity index (χ4n) is 3.03. The Morgan fingerprint density at radius 2 is 1.59 bits per heavy atom. The number of benzene rings is 2. The molecule has 0 spiro atoms. The highest BCUT2D eigenvalue weighted by Gasteiger charge is 2.20. The molecule has 0 saturated carbocycles. The zero-order chi connectivity index (χ0) is 21.2. The van der Waals surface area contributed by atoms with E-state index in [0.29, 0.717) is 16.5 Å². The minimum absolute atomic E-state index is 0.0126. The van der Waals surface area contributed by atoms with E-state index in [1.54, 1.807) is 16.3 Å². The summed E-state index contributed by atoms with van der Waals surface area (Å²) in [6.07, 6.45) is 3.85. The van der Waals surface area contributed by atoms with Crippen LogP contribution in [0.5, 0.6) is 0 Å². The SMILES string of the molecule is CSc1ccc(-c2nc(SC)c(C#N)c(=O)n2-c2ccc(C(C)(C)C)cc2)cc1. The molecule has 0 bridgehead atoms. The Morgan fingerprint density at radius 3 is 2.07 bits per heavy atom. The van der Waals surface area contributed by atoms with E-state index < -0.39 is 0 Å². The molecule has 0 saturated heterocycles. The molecule has 3 rings (SSSR count). The first-order valence-corrected chi connectivity index (χ1v) is 11.6. The molecule has 0 aliphatic rings. The van der Waals surface area contributed by atoms with Crippen LogP contribution in [0.1, 0.15) is 31.9 Å². The van der Waals surface area contributed by atoms with E-state index in [1.165, 1.54) is 17.3 Å². The average Bonchev–Trinajstić information content (AvgIpc) is 2.72. The number of aromatic nitrogens is 2.